The lowest BCUT2D eigenvalue weighted by atomic mass is 10.0. The number of anilines is 1. The number of ether oxygens (including phenoxy) is 1. The van der Waals surface area contributed by atoms with Gasteiger partial charge in [0.2, 0.25) is 0 Å². The van der Waals surface area contributed by atoms with Gasteiger partial charge in [-0.05, 0) is 32.1 Å². The molecule has 0 radical (unpaired) electrons. The van der Waals surface area contributed by atoms with Gasteiger partial charge in [-0.3, -0.25) is 0 Å². The Balaban J connectivity index is 1.87. The molecule has 2 rings (SSSR count). The van der Waals surface area contributed by atoms with Crippen LogP contribution in [0.5, 0.6) is 0 Å². The van der Waals surface area contributed by atoms with Crippen LogP contribution in [0.2, 0.25) is 0 Å². The largest absolute Gasteiger partial charge is 0.450 e. The van der Waals surface area contributed by atoms with Crippen molar-refractivity contribution >= 4 is 11.9 Å². The second-order valence-electron chi connectivity index (χ2n) is 5.74. The SMILES string of the molecule is CCOC(=O)N1CCC(Nc2cc(C(C)CC)ncn2)CC1. The van der Waals surface area contributed by atoms with E-state index in [4.69, 9.17) is 4.74 Å². The number of nitrogens with zero attached hydrogens (tertiary/aromatic N) is 3. The summed E-state index contributed by atoms with van der Waals surface area (Å²) in [6.45, 7) is 8.03. The number of hydrogen-bond acceptors (Lipinski definition) is 5. The lowest BCUT2D eigenvalue weighted by Gasteiger charge is -2.31. The fourth-order valence-electron chi connectivity index (χ4n) is 2.56. The molecule has 1 unspecified atom stereocenters. The summed E-state index contributed by atoms with van der Waals surface area (Å²) in [6, 6.07) is 2.37. The first-order valence-corrected chi connectivity index (χ1v) is 8.14. The van der Waals surface area contributed by atoms with Crippen molar-refractivity contribution in [2.45, 2.75) is 52.0 Å². The third kappa shape index (κ3) is 4.32. The summed E-state index contributed by atoms with van der Waals surface area (Å²) >= 11 is 0. The summed E-state index contributed by atoms with van der Waals surface area (Å²) in [4.78, 5) is 22.1. The van der Waals surface area contributed by atoms with E-state index in [0.717, 1.165) is 43.9 Å². The van der Waals surface area contributed by atoms with Gasteiger partial charge in [-0.15, -0.1) is 0 Å². The zero-order valence-electron chi connectivity index (χ0n) is 13.7. The quantitative estimate of drug-likeness (QED) is 0.905. The van der Waals surface area contributed by atoms with Crippen molar-refractivity contribution in [2.24, 2.45) is 0 Å². The molecule has 6 nitrogen and oxygen atoms in total. The average Bonchev–Trinajstić information content (AvgIpc) is 2.55. The molecule has 0 aliphatic carbocycles. The van der Waals surface area contributed by atoms with Crippen LogP contribution in [-0.2, 0) is 4.74 Å². The van der Waals surface area contributed by atoms with E-state index in [1.807, 2.05) is 13.0 Å². The van der Waals surface area contributed by atoms with Crippen molar-refractivity contribution in [2.75, 3.05) is 25.0 Å². The Hall–Kier alpha value is -1.85. The highest BCUT2D eigenvalue weighted by molar-refractivity contribution is 5.67. The van der Waals surface area contributed by atoms with E-state index in [-0.39, 0.29) is 6.09 Å². The molecule has 0 bridgehead atoms. The van der Waals surface area contributed by atoms with Gasteiger partial charge in [-0.1, -0.05) is 13.8 Å². The topological polar surface area (TPSA) is 67.3 Å². The van der Waals surface area contributed by atoms with Gasteiger partial charge in [0.1, 0.15) is 12.1 Å². The van der Waals surface area contributed by atoms with E-state index in [0.29, 0.717) is 18.6 Å². The third-order valence-corrected chi connectivity index (χ3v) is 4.18. The van der Waals surface area contributed by atoms with Crippen molar-refractivity contribution in [3.8, 4) is 0 Å². The molecule has 2 heterocycles. The van der Waals surface area contributed by atoms with Crippen molar-refractivity contribution in [3.05, 3.63) is 18.1 Å². The molecular formula is C16H26N4O2. The number of carbonyl (C=O) groups excluding carboxylic acids is 1. The maximum atomic E-state index is 11.7. The standard InChI is InChI=1S/C16H26N4O2/c1-4-12(3)14-10-15(18-11-17-14)19-13-6-8-20(9-7-13)16(21)22-5-2/h10-13H,4-9H2,1-3H3,(H,17,18,19). The lowest BCUT2D eigenvalue weighted by Crippen LogP contribution is -2.42. The summed E-state index contributed by atoms with van der Waals surface area (Å²) in [6.07, 6.45) is 4.29. The van der Waals surface area contributed by atoms with Gasteiger partial charge in [0.15, 0.2) is 0 Å². The van der Waals surface area contributed by atoms with Crippen LogP contribution >= 0.6 is 0 Å². The zero-order chi connectivity index (χ0) is 15.9. The van der Waals surface area contributed by atoms with Gasteiger partial charge in [0.05, 0.1) is 6.61 Å². The van der Waals surface area contributed by atoms with Gasteiger partial charge in [-0.25, -0.2) is 14.8 Å². The summed E-state index contributed by atoms with van der Waals surface area (Å²) in [7, 11) is 0. The highest BCUT2D eigenvalue weighted by atomic mass is 16.6. The Morgan fingerprint density at radius 3 is 2.77 bits per heavy atom. The number of piperidine rings is 1. The summed E-state index contributed by atoms with van der Waals surface area (Å²) < 4.78 is 5.04. The van der Waals surface area contributed by atoms with Crippen LogP contribution in [0, 0.1) is 0 Å². The second-order valence-corrected chi connectivity index (χ2v) is 5.74. The van der Waals surface area contributed by atoms with Crippen LogP contribution in [0.4, 0.5) is 10.6 Å². The predicted octanol–water partition coefficient (Wildman–Crippen LogP) is 3.02. The number of likely N-dealkylation sites (tertiary alicyclic amines) is 1. The monoisotopic (exact) mass is 306 g/mol. The zero-order valence-corrected chi connectivity index (χ0v) is 13.7. The molecule has 1 aromatic heterocycles. The first-order valence-electron chi connectivity index (χ1n) is 8.14. The fourth-order valence-corrected chi connectivity index (χ4v) is 2.56. The minimum atomic E-state index is -0.206. The van der Waals surface area contributed by atoms with E-state index in [2.05, 4.69) is 29.1 Å². The predicted molar refractivity (Wildman–Crippen MR) is 86.0 cm³/mol. The highest BCUT2D eigenvalue weighted by Gasteiger charge is 2.23. The summed E-state index contributed by atoms with van der Waals surface area (Å²) in [5, 5.41) is 3.46. The minimum absolute atomic E-state index is 0.206. The van der Waals surface area contributed by atoms with Gasteiger partial charge < -0.3 is 15.0 Å². The maximum absolute atomic E-state index is 11.7. The van der Waals surface area contributed by atoms with Crippen LogP contribution < -0.4 is 5.32 Å². The van der Waals surface area contributed by atoms with E-state index >= 15 is 0 Å². The van der Waals surface area contributed by atoms with Crippen molar-refractivity contribution in [1.29, 1.82) is 0 Å². The fraction of sp³-hybridized carbons (Fsp3) is 0.688. The van der Waals surface area contributed by atoms with Crippen LogP contribution in [-0.4, -0.2) is 46.7 Å². The van der Waals surface area contributed by atoms with E-state index in [1.165, 1.54) is 0 Å². The molecule has 1 N–H and O–H groups in total. The number of amides is 1. The first kappa shape index (κ1) is 16.5. The summed E-state index contributed by atoms with van der Waals surface area (Å²) in [5.41, 5.74) is 1.07. The van der Waals surface area contributed by atoms with Crippen molar-refractivity contribution in [3.63, 3.8) is 0 Å². The molecule has 1 fully saturated rings. The molecule has 6 heteroatoms. The van der Waals surface area contributed by atoms with Crippen LogP contribution in [0.1, 0.15) is 51.6 Å². The molecule has 122 valence electrons. The van der Waals surface area contributed by atoms with Crippen molar-refractivity contribution in [1.82, 2.24) is 14.9 Å². The molecule has 1 aliphatic rings. The molecule has 0 aromatic carbocycles. The number of hydrogen-bond donors (Lipinski definition) is 1. The third-order valence-electron chi connectivity index (χ3n) is 4.18. The number of nitrogens with one attached hydrogen (secondary N) is 1. The van der Waals surface area contributed by atoms with E-state index in [1.54, 1.807) is 11.2 Å². The van der Waals surface area contributed by atoms with Crippen LogP contribution in [0.15, 0.2) is 12.4 Å². The lowest BCUT2D eigenvalue weighted by molar-refractivity contribution is 0.0983. The number of rotatable bonds is 5. The Kier molecular flexibility index (Phi) is 5.98. The molecule has 0 saturated carbocycles. The van der Waals surface area contributed by atoms with Crippen LogP contribution in [0.25, 0.3) is 0 Å². The van der Waals surface area contributed by atoms with Gasteiger partial charge in [-0.2, -0.15) is 0 Å². The normalized spacial score (nSPS) is 17.1. The second kappa shape index (κ2) is 7.96. The molecule has 1 amide bonds. The maximum Gasteiger partial charge on any atom is 0.409 e. The molecule has 0 spiro atoms. The van der Waals surface area contributed by atoms with Crippen molar-refractivity contribution < 1.29 is 9.53 Å². The van der Waals surface area contributed by atoms with Gasteiger partial charge >= 0.3 is 6.09 Å². The number of carbonyl (C=O) groups is 1. The average molecular weight is 306 g/mol. The highest BCUT2D eigenvalue weighted by Crippen LogP contribution is 2.20. The molecule has 1 aromatic rings. The van der Waals surface area contributed by atoms with Crippen LogP contribution in [0.3, 0.4) is 0 Å². The molecular weight excluding hydrogens is 280 g/mol. The Morgan fingerprint density at radius 1 is 1.41 bits per heavy atom. The minimum Gasteiger partial charge on any atom is -0.450 e. The Bertz CT molecular complexity index is 487. The Labute approximate surface area is 132 Å². The van der Waals surface area contributed by atoms with E-state index < -0.39 is 0 Å². The molecule has 22 heavy (non-hydrogen) atoms. The van der Waals surface area contributed by atoms with Gasteiger partial charge in [0, 0.05) is 30.9 Å². The summed E-state index contributed by atoms with van der Waals surface area (Å²) in [5.74, 6) is 1.31. The number of aromatic nitrogens is 2. The smallest absolute Gasteiger partial charge is 0.409 e. The molecule has 1 atom stereocenters. The Morgan fingerprint density at radius 2 is 2.14 bits per heavy atom. The molecule has 1 aliphatic heterocycles. The first-order chi connectivity index (χ1) is 10.6. The van der Waals surface area contributed by atoms with Gasteiger partial charge in [0.25, 0.3) is 0 Å². The molecule has 1 saturated heterocycles. The van der Waals surface area contributed by atoms with E-state index in [9.17, 15) is 4.79 Å².